The molecule has 88 valence electrons. The quantitative estimate of drug-likeness (QED) is 0.741. The summed E-state index contributed by atoms with van der Waals surface area (Å²) in [6.07, 6.45) is 5.50. The van der Waals surface area contributed by atoms with Gasteiger partial charge in [-0.3, -0.25) is 0 Å². The number of nitrogens with one attached hydrogen (secondary N) is 1. The van der Waals surface area contributed by atoms with E-state index in [9.17, 15) is 0 Å². The van der Waals surface area contributed by atoms with Gasteiger partial charge in [0.1, 0.15) is 0 Å². The van der Waals surface area contributed by atoms with Crippen LogP contribution in [0.2, 0.25) is 0 Å². The summed E-state index contributed by atoms with van der Waals surface area (Å²) in [5.74, 6) is 0. The van der Waals surface area contributed by atoms with Crippen LogP contribution < -0.4 is 5.32 Å². The highest BCUT2D eigenvalue weighted by atomic mass is 15.2. The van der Waals surface area contributed by atoms with E-state index >= 15 is 0 Å². The predicted octanol–water partition coefficient (Wildman–Crippen LogP) is 0.764. The highest BCUT2D eigenvalue weighted by Crippen LogP contribution is 2.16. The Morgan fingerprint density at radius 2 is 2.13 bits per heavy atom. The predicted molar refractivity (Wildman–Crippen MR) is 64.2 cm³/mol. The Balaban J connectivity index is 1.69. The molecule has 2 aliphatic heterocycles. The summed E-state index contributed by atoms with van der Waals surface area (Å²) in [6, 6.07) is 1.55. The molecule has 2 atom stereocenters. The topological polar surface area (TPSA) is 18.5 Å². The second kappa shape index (κ2) is 5.28. The number of likely N-dealkylation sites (tertiary alicyclic amines) is 1. The largest absolute Gasteiger partial charge is 0.313 e. The molecule has 0 amide bonds. The molecule has 0 aliphatic carbocycles. The number of hydrogen-bond donors (Lipinski definition) is 1. The summed E-state index contributed by atoms with van der Waals surface area (Å²) in [5, 5.41) is 3.57. The van der Waals surface area contributed by atoms with E-state index < -0.39 is 0 Å². The first-order chi connectivity index (χ1) is 7.25. The second-order valence-electron chi connectivity index (χ2n) is 5.29. The van der Waals surface area contributed by atoms with E-state index in [-0.39, 0.29) is 0 Å². The molecule has 3 heteroatoms. The van der Waals surface area contributed by atoms with E-state index in [0.29, 0.717) is 0 Å². The van der Waals surface area contributed by atoms with Crippen LogP contribution in [-0.2, 0) is 0 Å². The third-order valence-electron chi connectivity index (χ3n) is 3.89. The van der Waals surface area contributed by atoms with Crippen LogP contribution in [0.1, 0.15) is 25.7 Å². The molecule has 2 saturated heterocycles. The summed E-state index contributed by atoms with van der Waals surface area (Å²) in [5.41, 5.74) is 0. The van der Waals surface area contributed by atoms with Gasteiger partial charge in [-0.1, -0.05) is 0 Å². The van der Waals surface area contributed by atoms with Gasteiger partial charge in [-0.15, -0.1) is 0 Å². The van der Waals surface area contributed by atoms with Crippen LogP contribution in [-0.4, -0.2) is 62.2 Å². The maximum atomic E-state index is 3.57. The third-order valence-corrected chi connectivity index (χ3v) is 3.89. The molecule has 0 bridgehead atoms. The van der Waals surface area contributed by atoms with E-state index in [2.05, 4.69) is 29.2 Å². The highest BCUT2D eigenvalue weighted by molar-refractivity contribution is 4.82. The van der Waals surface area contributed by atoms with Gasteiger partial charge in [0.25, 0.3) is 0 Å². The second-order valence-corrected chi connectivity index (χ2v) is 5.29. The van der Waals surface area contributed by atoms with Crippen LogP contribution in [0, 0.1) is 0 Å². The maximum absolute atomic E-state index is 3.57. The van der Waals surface area contributed by atoms with Gasteiger partial charge in [0.05, 0.1) is 0 Å². The van der Waals surface area contributed by atoms with Crippen molar-refractivity contribution in [2.75, 3.05) is 40.3 Å². The van der Waals surface area contributed by atoms with E-state index in [1.54, 1.807) is 0 Å². The van der Waals surface area contributed by atoms with Gasteiger partial charge in [-0.25, -0.2) is 0 Å². The fraction of sp³-hybridized carbons (Fsp3) is 1.00. The van der Waals surface area contributed by atoms with E-state index in [0.717, 1.165) is 12.1 Å². The SMILES string of the molecule is CN(CC1CCCN1)CC1CCCN1C. The zero-order valence-electron chi connectivity index (χ0n) is 10.2. The molecule has 2 heterocycles. The lowest BCUT2D eigenvalue weighted by atomic mass is 10.2. The summed E-state index contributed by atoms with van der Waals surface area (Å²) < 4.78 is 0. The van der Waals surface area contributed by atoms with Crippen molar-refractivity contribution >= 4 is 0 Å². The first kappa shape index (κ1) is 11.4. The number of nitrogens with zero attached hydrogens (tertiary/aromatic N) is 2. The fourth-order valence-corrected chi connectivity index (χ4v) is 2.93. The molecular formula is C12H25N3. The highest BCUT2D eigenvalue weighted by Gasteiger charge is 2.23. The average Bonchev–Trinajstić information content (AvgIpc) is 2.79. The maximum Gasteiger partial charge on any atom is 0.0220 e. The van der Waals surface area contributed by atoms with Gasteiger partial charge in [-0.05, 0) is 52.9 Å². The lowest BCUT2D eigenvalue weighted by molar-refractivity contribution is 0.209. The Morgan fingerprint density at radius 1 is 1.27 bits per heavy atom. The Hall–Kier alpha value is -0.120. The van der Waals surface area contributed by atoms with Crippen LogP contribution in [0.25, 0.3) is 0 Å². The van der Waals surface area contributed by atoms with Crippen molar-refractivity contribution in [1.82, 2.24) is 15.1 Å². The van der Waals surface area contributed by atoms with Crippen LogP contribution in [0.15, 0.2) is 0 Å². The smallest absolute Gasteiger partial charge is 0.0220 e. The molecule has 0 radical (unpaired) electrons. The Kier molecular flexibility index (Phi) is 4.00. The molecule has 0 saturated carbocycles. The molecule has 3 nitrogen and oxygen atoms in total. The van der Waals surface area contributed by atoms with Crippen LogP contribution in [0.3, 0.4) is 0 Å². The number of hydrogen-bond acceptors (Lipinski definition) is 3. The third kappa shape index (κ3) is 3.16. The Morgan fingerprint density at radius 3 is 2.73 bits per heavy atom. The average molecular weight is 211 g/mol. The molecule has 0 aromatic heterocycles. The van der Waals surface area contributed by atoms with Crippen molar-refractivity contribution in [3.8, 4) is 0 Å². The molecule has 2 aliphatic rings. The molecule has 15 heavy (non-hydrogen) atoms. The monoisotopic (exact) mass is 211 g/mol. The van der Waals surface area contributed by atoms with Crippen LogP contribution in [0.4, 0.5) is 0 Å². The normalized spacial score (nSPS) is 33.0. The van der Waals surface area contributed by atoms with Crippen molar-refractivity contribution < 1.29 is 0 Å². The van der Waals surface area contributed by atoms with E-state index in [1.807, 2.05) is 0 Å². The standard InChI is InChI=1S/C12H25N3/c1-14(9-11-5-3-7-13-11)10-12-6-4-8-15(12)2/h11-13H,3-10H2,1-2H3. The summed E-state index contributed by atoms with van der Waals surface area (Å²) in [6.45, 7) is 4.99. The summed E-state index contributed by atoms with van der Waals surface area (Å²) in [7, 11) is 4.53. The molecule has 1 N–H and O–H groups in total. The summed E-state index contributed by atoms with van der Waals surface area (Å²) in [4.78, 5) is 5.02. The molecular weight excluding hydrogens is 186 g/mol. The number of rotatable bonds is 4. The van der Waals surface area contributed by atoms with Gasteiger partial charge in [0.2, 0.25) is 0 Å². The minimum atomic E-state index is 0.752. The fourth-order valence-electron chi connectivity index (χ4n) is 2.93. The van der Waals surface area contributed by atoms with Gasteiger partial charge in [-0.2, -0.15) is 0 Å². The summed E-state index contributed by atoms with van der Waals surface area (Å²) >= 11 is 0. The zero-order valence-corrected chi connectivity index (χ0v) is 10.2. The Bertz CT molecular complexity index is 189. The lowest BCUT2D eigenvalue weighted by Crippen LogP contribution is -2.42. The van der Waals surface area contributed by atoms with Crippen molar-refractivity contribution in [1.29, 1.82) is 0 Å². The van der Waals surface area contributed by atoms with Crippen molar-refractivity contribution in [3.05, 3.63) is 0 Å². The van der Waals surface area contributed by atoms with Crippen LogP contribution >= 0.6 is 0 Å². The van der Waals surface area contributed by atoms with Crippen LogP contribution in [0.5, 0.6) is 0 Å². The molecule has 0 aromatic carbocycles. The molecule has 0 spiro atoms. The van der Waals surface area contributed by atoms with Gasteiger partial charge in [0.15, 0.2) is 0 Å². The van der Waals surface area contributed by atoms with Crippen molar-refractivity contribution in [3.63, 3.8) is 0 Å². The zero-order chi connectivity index (χ0) is 10.7. The minimum absolute atomic E-state index is 0.752. The molecule has 0 aromatic rings. The molecule has 2 unspecified atom stereocenters. The van der Waals surface area contributed by atoms with E-state index in [4.69, 9.17) is 0 Å². The van der Waals surface area contributed by atoms with Gasteiger partial charge in [0, 0.05) is 25.2 Å². The molecule has 2 rings (SSSR count). The van der Waals surface area contributed by atoms with Gasteiger partial charge < -0.3 is 15.1 Å². The lowest BCUT2D eigenvalue weighted by Gasteiger charge is -2.27. The minimum Gasteiger partial charge on any atom is -0.313 e. The number of likely N-dealkylation sites (N-methyl/N-ethyl adjacent to an activating group) is 2. The van der Waals surface area contributed by atoms with Crippen molar-refractivity contribution in [2.24, 2.45) is 0 Å². The first-order valence-corrected chi connectivity index (χ1v) is 6.38. The molecule has 2 fully saturated rings. The Labute approximate surface area is 93.8 Å². The first-order valence-electron chi connectivity index (χ1n) is 6.38. The van der Waals surface area contributed by atoms with E-state index in [1.165, 1.54) is 51.9 Å². The van der Waals surface area contributed by atoms with Gasteiger partial charge >= 0.3 is 0 Å². The van der Waals surface area contributed by atoms with Crippen molar-refractivity contribution in [2.45, 2.75) is 37.8 Å².